The zero-order valence-electron chi connectivity index (χ0n) is 15.5. The summed E-state index contributed by atoms with van der Waals surface area (Å²) in [6.45, 7) is 7.05. The number of hydrogen-bond acceptors (Lipinski definition) is 10. The van der Waals surface area contributed by atoms with Gasteiger partial charge in [0.2, 0.25) is 0 Å². The molecular weight excluding hydrogens is 391 g/mol. The smallest absolute Gasteiger partial charge is 0.148 e. The third kappa shape index (κ3) is 141. The molecule has 0 aromatic rings. The molecular formula is C15H30O10V. The fraction of sp³-hybridized carbons (Fsp3) is 0.667. The van der Waals surface area contributed by atoms with Gasteiger partial charge in [0.1, 0.15) is 62.0 Å². The second-order valence-corrected chi connectivity index (χ2v) is 4.38. The standard InChI is InChI=1S/5C3H6O2.V/c5*1-3(5)2-4;/h5*2-3,5H,1H3;. The first-order chi connectivity index (χ1) is 11.4. The normalized spacial score (nSPS) is 13.5. The van der Waals surface area contributed by atoms with E-state index in [1.165, 1.54) is 34.6 Å². The van der Waals surface area contributed by atoms with E-state index in [4.69, 9.17) is 25.5 Å². The summed E-state index contributed by atoms with van der Waals surface area (Å²) in [5.74, 6) is 0. The molecule has 11 heteroatoms. The minimum atomic E-state index is -0.796. The topological polar surface area (TPSA) is 186 Å². The second kappa shape index (κ2) is 35.0. The first-order valence-electron chi connectivity index (χ1n) is 7.02. The van der Waals surface area contributed by atoms with Gasteiger partial charge in [-0.1, -0.05) is 0 Å². The van der Waals surface area contributed by atoms with E-state index in [9.17, 15) is 24.0 Å². The Hall–Kier alpha value is -1.27. The van der Waals surface area contributed by atoms with E-state index in [0.717, 1.165) is 0 Å². The maximum Gasteiger partial charge on any atom is 0.148 e. The van der Waals surface area contributed by atoms with Crippen molar-refractivity contribution < 1.29 is 68.1 Å². The van der Waals surface area contributed by atoms with Gasteiger partial charge in [-0.2, -0.15) is 0 Å². The Balaban J connectivity index is -0.0000000476. The van der Waals surface area contributed by atoms with Gasteiger partial charge in [-0.25, -0.2) is 0 Å². The Morgan fingerprint density at radius 3 is 0.462 bits per heavy atom. The molecule has 0 spiro atoms. The van der Waals surface area contributed by atoms with E-state index in [0.29, 0.717) is 31.4 Å². The van der Waals surface area contributed by atoms with Crippen molar-refractivity contribution in [2.75, 3.05) is 0 Å². The molecule has 0 aliphatic rings. The van der Waals surface area contributed by atoms with E-state index >= 15 is 0 Å². The molecule has 10 nitrogen and oxygen atoms in total. The Bertz CT molecular complexity index is 235. The third-order valence-electron chi connectivity index (χ3n) is 0.985. The summed E-state index contributed by atoms with van der Waals surface area (Å²) in [4.78, 5) is 46.3. The van der Waals surface area contributed by atoms with Crippen LogP contribution in [-0.2, 0) is 42.5 Å². The van der Waals surface area contributed by atoms with Gasteiger partial charge < -0.3 is 49.5 Å². The molecule has 0 rings (SSSR count). The molecule has 0 fully saturated rings. The third-order valence-corrected chi connectivity index (χ3v) is 0.985. The molecule has 0 amide bonds. The van der Waals surface area contributed by atoms with Crippen molar-refractivity contribution in [3.05, 3.63) is 0 Å². The van der Waals surface area contributed by atoms with Crippen molar-refractivity contribution in [1.29, 1.82) is 0 Å². The number of hydrogen-bond donors (Lipinski definition) is 5. The summed E-state index contributed by atoms with van der Waals surface area (Å²) < 4.78 is 0. The fourth-order valence-electron chi connectivity index (χ4n) is 0. The maximum absolute atomic E-state index is 9.25. The van der Waals surface area contributed by atoms with Gasteiger partial charge in [0.05, 0.1) is 0 Å². The van der Waals surface area contributed by atoms with E-state index in [1.807, 2.05) is 0 Å². The van der Waals surface area contributed by atoms with Crippen LogP contribution in [0.2, 0.25) is 0 Å². The molecule has 0 saturated heterocycles. The first-order valence-corrected chi connectivity index (χ1v) is 7.02. The monoisotopic (exact) mass is 421 g/mol. The molecule has 0 aromatic heterocycles. The van der Waals surface area contributed by atoms with Crippen molar-refractivity contribution in [1.82, 2.24) is 0 Å². The molecule has 5 atom stereocenters. The largest absolute Gasteiger partial charge is 0.386 e. The van der Waals surface area contributed by atoms with Crippen molar-refractivity contribution in [3.63, 3.8) is 0 Å². The van der Waals surface area contributed by atoms with Gasteiger partial charge in [-0.15, -0.1) is 0 Å². The van der Waals surface area contributed by atoms with Gasteiger partial charge >= 0.3 is 0 Å². The zero-order valence-corrected chi connectivity index (χ0v) is 16.9. The number of carbonyl (C=O) groups is 5. The summed E-state index contributed by atoms with van der Waals surface area (Å²) in [5, 5.41) is 40.0. The molecule has 0 aromatic carbocycles. The van der Waals surface area contributed by atoms with Crippen LogP contribution < -0.4 is 0 Å². The van der Waals surface area contributed by atoms with Gasteiger partial charge in [0.15, 0.2) is 0 Å². The predicted molar refractivity (Wildman–Crippen MR) is 88.7 cm³/mol. The summed E-state index contributed by atoms with van der Waals surface area (Å²) in [5.41, 5.74) is 0. The van der Waals surface area contributed by atoms with Crippen LogP contribution in [0.1, 0.15) is 34.6 Å². The van der Waals surface area contributed by atoms with Crippen molar-refractivity contribution >= 4 is 31.4 Å². The number of rotatable bonds is 5. The SMILES string of the molecule is CC(O)C=O.CC(O)C=O.CC(O)C=O.CC(O)C=O.CC(O)C=O.[V]. The molecule has 0 aliphatic heterocycles. The average molecular weight is 421 g/mol. The van der Waals surface area contributed by atoms with Crippen molar-refractivity contribution in [3.8, 4) is 0 Å². The van der Waals surface area contributed by atoms with Crippen LogP contribution in [0.4, 0.5) is 0 Å². The summed E-state index contributed by atoms with van der Waals surface area (Å²) in [6.07, 6.45) is -1.62. The van der Waals surface area contributed by atoms with Crippen molar-refractivity contribution in [2.45, 2.75) is 65.1 Å². The van der Waals surface area contributed by atoms with Crippen LogP contribution in [0.5, 0.6) is 0 Å². The minimum absolute atomic E-state index is 0. The Labute approximate surface area is 165 Å². The second-order valence-electron chi connectivity index (χ2n) is 4.38. The number of aliphatic hydroxyl groups excluding tert-OH is 5. The Kier molecular flexibility index (Phi) is 53.4. The summed E-state index contributed by atoms with van der Waals surface area (Å²) >= 11 is 0. The van der Waals surface area contributed by atoms with Crippen LogP contribution in [-0.4, -0.2) is 87.5 Å². The molecule has 26 heavy (non-hydrogen) atoms. The molecule has 1 radical (unpaired) electrons. The fourth-order valence-corrected chi connectivity index (χ4v) is 0. The van der Waals surface area contributed by atoms with Gasteiger partial charge in [0, 0.05) is 18.6 Å². The van der Waals surface area contributed by atoms with Gasteiger partial charge in [0.25, 0.3) is 0 Å². The molecule has 0 saturated carbocycles. The van der Waals surface area contributed by atoms with Crippen LogP contribution in [0, 0.1) is 0 Å². The van der Waals surface area contributed by atoms with E-state index in [-0.39, 0.29) is 18.6 Å². The van der Waals surface area contributed by atoms with Crippen LogP contribution in [0.25, 0.3) is 0 Å². The van der Waals surface area contributed by atoms with E-state index in [2.05, 4.69) is 0 Å². The zero-order chi connectivity index (χ0) is 21.4. The van der Waals surface area contributed by atoms with Crippen molar-refractivity contribution in [2.24, 2.45) is 0 Å². The molecule has 0 bridgehead atoms. The summed E-state index contributed by atoms with van der Waals surface area (Å²) in [7, 11) is 0. The van der Waals surface area contributed by atoms with Crippen LogP contribution >= 0.6 is 0 Å². The predicted octanol–water partition coefficient (Wildman–Crippen LogP) is -2.17. The first kappa shape index (κ1) is 39.7. The summed E-state index contributed by atoms with van der Waals surface area (Å²) in [6, 6.07) is 0. The Morgan fingerprint density at radius 2 is 0.462 bits per heavy atom. The maximum atomic E-state index is 9.25. The number of carbonyl (C=O) groups excluding carboxylic acids is 5. The minimum Gasteiger partial charge on any atom is -0.386 e. The van der Waals surface area contributed by atoms with E-state index in [1.54, 1.807) is 0 Å². The number of aldehydes is 5. The molecule has 0 heterocycles. The van der Waals surface area contributed by atoms with Crippen LogP contribution in [0.3, 0.4) is 0 Å². The van der Waals surface area contributed by atoms with E-state index < -0.39 is 30.5 Å². The Morgan fingerprint density at radius 1 is 0.423 bits per heavy atom. The van der Waals surface area contributed by atoms with Gasteiger partial charge in [-0.05, 0) is 34.6 Å². The molecule has 0 aliphatic carbocycles. The average Bonchev–Trinajstić information content (AvgIpc) is 2.56. The quantitative estimate of drug-likeness (QED) is 0.306. The molecule has 5 N–H and O–H groups in total. The van der Waals surface area contributed by atoms with Gasteiger partial charge in [-0.3, -0.25) is 0 Å². The molecule has 5 unspecified atom stereocenters. The molecule has 155 valence electrons. The van der Waals surface area contributed by atoms with Crippen LogP contribution in [0.15, 0.2) is 0 Å². The number of aliphatic hydroxyl groups is 5.